The van der Waals surface area contributed by atoms with Gasteiger partial charge in [-0.05, 0) is 12.3 Å². The van der Waals surface area contributed by atoms with E-state index in [2.05, 4.69) is 10.4 Å². The van der Waals surface area contributed by atoms with Crippen molar-refractivity contribution < 1.29 is 0 Å². The number of nitrogens with zero attached hydrogens (tertiary/aromatic N) is 1. The van der Waals surface area contributed by atoms with Crippen molar-refractivity contribution in [3.8, 4) is 0 Å². The van der Waals surface area contributed by atoms with Crippen molar-refractivity contribution in [2.75, 3.05) is 0 Å². The number of hydrogen-bond acceptors (Lipinski definition) is 4. The lowest BCUT2D eigenvalue weighted by Crippen LogP contribution is -2.39. The van der Waals surface area contributed by atoms with Crippen LogP contribution in [0.4, 0.5) is 0 Å². The summed E-state index contributed by atoms with van der Waals surface area (Å²) in [6, 6.07) is 0.409. The van der Waals surface area contributed by atoms with Crippen molar-refractivity contribution in [1.29, 1.82) is 0 Å². The number of hydrogen-bond donors (Lipinski definition) is 2. The third-order valence-electron chi connectivity index (χ3n) is 2.98. The van der Waals surface area contributed by atoms with E-state index in [1.165, 1.54) is 30.7 Å². The second-order valence-corrected chi connectivity index (χ2v) is 5.01. The lowest BCUT2D eigenvalue weighted by atomic mass is 9.80. The Bertz CT molecular complexity index is 256. The topological polar surface area (TPSA) is 50.9 Å². The Morgan fingerprint density at radius 1 is 1.64 bits per heavy atom. The maximum atomic E-state index is 5.54. The minimum Gasteiger partial charge on any atom is -0.271 e. The minimum absolute atomic E-state index is 0.409. The van der Waals surface area contributed by atoms with Gasteiger partial charge in [0.15, 0.2) is 0 Å². The predicted octanol–water partition coefficient (Wildman–Crippen LogP) is 1.71. The van der Waals surface area contributed by atoms with Crippen molar-refractivity contribution in [2.24, 2.45) is 11.8 Å². The fourth-order valence-electron chi connectivity index (χ4n) is 1.91. The first-order valence-electron chi connectivity index (χ1n) is 5.23. The second kappa shape index (κ2) is 4.87. The summed E-state index contributed by atoms with van der Waals surface area (Å²) in [6.07, 6.45) is 8.21. The summed E-state index contributed by atoms with van der Waals surface area (Å²) >= 11 is 1.71. The summed E-state index contributed by atoms with van der Waals surface area (Å²) in [5.74, 6) is 6.44. The second-order valence-electron chi connectivity index (χ2n) is 4.03. The molecule has 1 heterocycles. The van der Waals surface area contributed by atoms with Crippen LogP contribution in [0.15, 0.2) is 11.6 Å². The number of rotatable bonds is 5. The highest BCUT2D eigenvalue weighted by Crippen LogP contribution is 2.31. The monoisotopic (exact) mass is 211 g/mol. The lowest BCUT2D eigenvalue weighted by molar-refractivity contribution is 0.259. The molecule has 1 unspecified atom stereocenters. The quantitative estimate of drug-likeness (QED) is 0.576. The maximum absolute atomic E-state index is 5.54. The highest BCUT2D eigenvalue weighted by atomic mass is 32.1. The van der Waals surface area contributed by atoms with Crippen molar-refractivity contribution in [3.05, 3.63) is 16.6 Å². The molecule has 1 atom stereocenters. The number of nitrogens with one attached hydrogen (secondary N) is 1. The first-order valence-corrected chi connectivity index (χ1v) is 6.11. The molecule has 1 aromatic heterocycles. The van der Waals surface area contributed by atoms with E-state index in [1.807, 2.05) is 11.6 Å². The van der Waals surface area contributed by atoms with Gasteiger partial charge in [-0.15, -0.1) is 11.3 Å². The molecule has 1 aromatic rings. The van der Waals surface area contributed by atoms with E-state index in [0.717, 1.165) is 12.3 Å². The SMILES string of the molecule is NNC(Cc1nccs1)CC1CCC1. The zero-order valence-electron chi connectivity index (χ0n) is 8.28. The Hall–Kier alpha value is -0.450. The van der Waals surface area contributed by atoms with E-state index in [1.54, 1.807) is 11.3 Å². The van der Waals surface area contributed by atoms with Gasteiger partial charge in [0.25, 0.3) is 0 Å². The molecular weight excluding hydrogens is 194 g/mol. The van der Waals surface area contributed by atoms with Crippen LogP contribution in [-0.4, -0.2) is 11.0 Å². The molecule has 0 aromatic carbocycles. The number of nitrogens with two attached hydrogens (primary N) is 1. The predicted molar refractivity (Wildman–Crippen MR) is 58.9 cm³/mol. The largest absolute Gasteiger partial charge is 0.271 e. The first-order chi connectivity index (χ1) is 6.88. The molecule has 1 aliphatic carbocycles. The van der Waals surface area contributed by atoms with Gasteiger partial charge in [-0.25, -0.2) is 4.98 Å². The van der Waals surface area contributed by atoms with E-state index >= 15 is 0 Å². The van der Waals surface area contributed by atoms with Crippen LogP contribution in [0.25, 0.3) is 0 Å². The molecule has 0 radical (unpaired) electrons. The molecule has 0 bridgehead atoms. The average Bonchev–Trinajstić information content (AvgIpc) is 2.61. The summed E-state index contributed by atoms with van der Waals surface area (Å²) in [7, 11) is 0. The zero-order valence-corrected chi connectivity index (χ0v) is 9.09. The van der Waals surface area contributed by atoms with Gasteiger partial charge in [0.2, 0.25) is 0 Å². The van der Waals surface area contributed by atoms with Gasteiger partial charge in [-0.1, -0.05) is 19.3 Å². The van der Waals surface area contributed by atoms with E-state index in [9.17, 15) is 0 Å². The van der Waals surface area contributed by atoms with Crippen LogP contribution in [0.3, 0.4) is 0 Å². The van der Waals surface area contributed by atoms with Gasteiger partial charge < -0.3 is 0 Å². The number of aromatic nitrogens is 1. The maximum Gasteiger partial charge on any atom is 0.0940 e. The normalized spacial score (nSPS) is 19.2. The molecule has 1 aliphatic rings. The first kappa shape index (κ1) is 10.1. The molecule has 3 N–H and O–H groups in total. The van der Waals surface area contributed by atoms with Crippen molar-refractivity contribution in [2.45, 2.75) is 38.1 Å². The summed E-state index contributed by atoms with van der Waals surface area (Å²) in [4.78, 5) is 4.28. The summed E-state index contributed by atoms with van der Waals surface area (Å²) in [5.41, 5.74) is 2.91. The number of thiazole rings is 1. The molecular formula is C10H17N3S. The molecule has 0 spiro atoms. The average molecular weight is 211 g/mol. The molecule has 78 valence electrons. The molecule has 0 saturated heterocycles. The summed E-state index contributed by atoms with van der Waals surface area (Å²) in [6.45, 7) is 0. The highest BCUT2D eigenvalue weighted by molar-refractivity contribution is 7.09. The summed E-state index contributed by atoms with van der Waals surface area (Å²) in [5, 5.41) is 3.21. The van der Waals surface area contributed by atoms with Crippen LogP contribution in [0, 0.1) is 5.92 Å². The van der Waals surface area contributed by atoms with Crippen LogP contribution < -0.4 is 11.3 Å². The zero-order chi connectivity index (χ0) is 9.80. The van der Waals surface area contributed by atoms with Gasteiger partial charge in [-0.3, -0.25) is 11.3 Å². The molecule has 2 rings (SSSR count). The van der Waals surface area contributed by atoms with E-state index in [4.69, 9.17) is 5.84 Å². The van der Waals surface area contributed by atoms with Crippen LogP contribution in [-0.2, 0) is 6.42 Å². The fourth-order valence-corrected chi connectivity index (χ4v) is 2.60. The Balaban J connectivity index is 1.80. The number of hydrazine groups is 1. The molecule has 1 fully saturated rings. The van der Waals surface area contributed by atoms with Gasteiger partial charge in [0.1, 0.15) is 0 Å². The fraction of sp³-hybridized carbons (Fsp3) is 0.700. The molecule has 14 heavy (non-hydrogen) atoms. The van der Waals surface area contributed by atoms with Gasteiger partial charge in [0, 0.05) is 24.0 Å². The highest BCUT2D eigenvalue weighted by Gasteiger charge is 2.21. The van der Waals surface area contributed by atoms with Crippen molar-refractivity contribution >= 4 is 11.3 Å². The third-order valence-corrected chi connectivity index (χ3v) is 3.78. The smallest absolute Gasteiger partial charge is 0.0940 e. The Morgan fingerprint density at radius 2 is 2.50 bits per heavy atom. The standard InChI is InChI=1S/C10H17N3S/c11-13-9(6-8-2-1-3-8)7-10-12-4-5-14-10/h4-5,8-9,13H,1-3,6-7,11H2. The van der Waals surface area contributed by atoms with E-state index < -0.39 is 0 Å². The Morgan fingerprint density at radius 3 is 3.00 bits per heavy atom. The van der Waals surface area contributed by atoms with Crippen molar-refractivity contribution in [1.82, 2.24) is 10.4 Å². The molecule has 0 amide bonds. The van der Waals surface area contributed by atoms with Gasteiger partial charge in [-0.2, -0.15) is 0 Å². The van der Waals surface area contributed by atoms with Crippen LogP contribution >= 0.6 is 11.3 Å². The Kier molecular flexibility index (Phi) is 3.50. The molecule has 1 saturated carbocycles. The van der Waals surface area contributed by atoms with E-state index in [0.29, 0.717) is 6.04 Å². The van der Waals surface area contributed by atoms with Gasteiger partial charge >= 0.3 is 0 Å². The van der Waals surface area contributed by atoms with Crippen LogP contribution in [0.1, 0.15) is 30.7 Å². The Labute approximate surface area is 88.7 Å². The van der Waals surface area contributed by atoms with Crippen LogP contribution in [0.2, 0.25) is 0 Å². The molecule has 4 heteroatoms. The molecule has 0 aliphatic heterocycles. The third kappa shape index (κ3) is 2.53. The summed E-state index contributed by atoms with van der Waals surface area (Å²) < 4.78 is 0. The van der Waals surface area contributed by atoms with Crippen molar-refractivity contribution in [3.63, 3.8) is 0 Å². The van der Waals surface area contributed by atoms with E-state index in [-0.39, 0.29) is 0 Å². The lowest BCUT2D eigenvalue weighted by Gasteiger charge is -2.29. The minimum atomic E-state index is 0.409. The molecule has 3 nitrogen and oxygen atoms in total. The van der Waals surface area contributed by atoms with Crippen LogP contribution in [0.5, 0.6) is 0 Å². The van der Waals surface area contributed by atoms with Gasteiger partial charge in [0.05, 0.1) is 5.01 Å².